The number of amides is 3. The van der Waals surface area contributed by atoms with Crippen molar-refractivity contribution in [2.75, 3.05) is 24.4 Å². The van der Waals surface area contributed by atoms with Crippen LogP contribution < -0.4 is 25.0 Å². The van der Waals surface area contributed by atoms with Crippen molar-refractivity contribution in [1.82, 2.24) is 5.32 Å². The molecule has 5 rings (SSSR count). The first-order valence-electron chi connectivity index (χ1n) is 17.2. The van der Waals surface area contributed by atoms with Crippen molar-refractivity contribution in [3.05, 3.63) is 76.9 Å². The minimum Gasteiger partial charge on any atom is -0.493 e. The summed E-state index contributed by atoms with van der Waals surface area (Å²) in [7, 11) is 2.82. The van der Waals surface area contributed by atoms with Crippen molar-refractivity contribution in [3.63, 3.8) is 0 Å². The number of esters is 1. The van der Waals surface area contributed by atoms with E-state index in [2.05, 4.69) is 20.4 Å². The van der Waals surface area contributed by atoms with Gasteiger partial charge in [-0.3, -0.25) is 33.9 Å². The Bertz CT molecular complexity index is 1880. The summed E-state index contributed by atoms with van der Waals surface area (Å²) in [6.07, 6.45) is 3.80. The van der Waals surface area contributed by atoms with Gasteiger partial charge in [0.1, 0.15) is 6.61 Å². The second-order valence-electron chi connectivity index (χ2n) is 13.0. The van der Waals surface area contributed by atoms with Gasteiger partial charge in [-0.15, -0.1) is 11.6 Å². The molecule has 52 heavy (non-hydrogen) atoms. The third-order valence-electron chi connectivity index (χ3n) is 9.08. The Morgan fingerprint density at radius 1 is 0.981 bits per heavy atom. The van der Waals surface area contributed by atoms with E-state index in [-0.39, 0.29) is 67.3 Å². The van der Waals surface area contributed by atoms with Crippen molar-refractivity contribution >= 4 is 64.4 Å². The van der Waals surface area contributed by atoms with Crippen LogP contribution in [0.3, 0.4) is 0 Å². The lowest BCUT2D eigenvalue weighted by Crippen LogP contribution is -2.39. The van der Waals surface area contributed by atoms with Crippen LogP contribution in [-0.2, 0) is 42.8 Å². The molecule has 3 aromatic carbocycles. The Morgan fingerprint density at radius 3 is 2.48 bits per heavy atom. The molecule has 2 heterocycles. The molecule has 2 aliphatic rings. The van der Waals surface area contributed by atoms with Crippen molar-refractivity contribution in [1.29, 1.82) is 0 Å². The molecule has 0 fully saturated rings. The number of hydrogen-bond acceptors (Lipinski definition) is 9. The summed E-state index contributed by atoms with van der Waals surface area (Å²) in [6.45, 7) is 3.32. The highest BCUT2D eigenvalue weighted by Gasteiger charge is 2.36. The molecule has 2 aliphatic heterocycles. The maximum absolute atomic E-state index is 13.7. The molecular formula is C39H43ClN4O8. The lowest BCUT2D eigenvalue weighted by Gasteiger charge is -2.22. The number of carbonyl (C=O) groups excluding carboxylic acids is 5. The monoisotopic (exact) mass is 730 g/mol. The molecule has 0 bridgehead atoms. The fourth-order valence-electron chi connectivity index (χ4n) is 6.23. The van der Waals surface area contributed by atoms with Crippen molar-refractivity contribution in [2.45, 2.75) is 76.9 Å². The number of carbonyl (C=O) groups is 5. The molecular weight excluding hydrogens is 688 g/mol. The number of methoxy groups -OCH3 is 2. The van der Waals surface area contributed by atoms with E-state index in [0.29, 0.717) is 53.3 Å². The van der Waals surface area contributed by atoms with Gasteiger partial charge in [0.25, 0.3) is 5.91 Å². The number of fused-ring (bicyclic) bond motifs is 4. The molecule has 0 saturated carbocycles. The number of nitrogens with one attached hydrogen (secondary N) is 2. The summed E-state index contributed by atoms with van der Waals surface area (Å²) in [5.74, 6) is -1.17. The summed E-state index contributed by atoms with van der Waals surface area (Å²) in [6, 6.07) is 15.6. The molecule has 0 aromatic heterocycles. The molecule has 3 atom stereocenters. The maximum Gasteiger partial charge on any atom is 0.305 e. The van der Waals surface area contributed by atoms with Gasteiger partial charge in [-0.25, -0.2) is 0 Å². The topological polar surface area (TPSA) is 153 Å². The van der Waals surface area contributed by atoms with Gasteiger partial charge in [-0.1, -0.05) is 31.2 Å². The van der Waals surface area contributed by atoms with E-state index in [1.54, 1.807) is 49.2 Å². The summed E-state index contributed by atoms with van der Waals surface area (Å²) < 4.78 is 16.4. The second kappa shape index (κ2) is 17.3. The largest absolute Gasteiger partial charge is 0.493 e. The van der Waals surface area contributed by atoms with Gasteiger partial charge >= 0.3 is 5.97 Å². The van der Waals surface area contributed by atoms with Gasteiger partial charge in [-0.05, 0) is 60.7 Å². The molecule has 3 aromatic rings. The van der Waals surface area contributed by atoms with Gasteiger partial charge in [-0.2, -0.15) is 0 Å². The highest BCUT2D eigenvalue weighted by atomic mass is 35.5. The third-order valence-corrected chi connectivity index (χ3v) is 9.38. The van der Waals surface area contributed by atoms with E-state index in [0.717, 1.165) is 16.8 Å². The zero-order valence-corrected chi connectivity index (χ0v) is 30.5. The highest BCUT2D eigenvalue weighted by Crippen LogP contribution is 2.41. The van der Waals surface area contributed by atoms with Crippen molar-refractivity contribution in [2.24, 2.45) is 10.9 Å². The van der Waals surface area contributed by atoms with Crippen LogP contribution in [0.1, 0.15) is 73.0 Å². The first kappa shape index (κ1) is 38.0. The predicted molar refractivity (Wildman–Crippen MR) is 198 cm³/mol. The zero-order chi connectivity index (χ0) is 37.4. The molecule has 0 spiro atoms. The number of ether oxygens (including phenoxy) is 3. The Morgan fingerprint density at radius 2 is 1.73 bits per heavy atom. The smallest absolute Gasteiger partial charge is 0.305 e. The fourth-order valence-corrected chi connectivity index (χ4v) is 6.39. The van der Waals surface area contributed by atoms with Gasteiger partial charge in [0.15, 0.2) is 17.3 Å². The summed E-state index contributed by atoms with van der Waals surface area (Å²) in [5, 5.41) is 5.54. The van der Waals surface area contributed by atoms with Crippen LogP contribution in [0.25, 0.3) is 0 Å². The number of aliphatic imine (C=N–C) groups is 1. The molecule has 0 radical (unpaired) electrons. The highest BCUT2D eigenvalue weighted by molar-refractivity contribution is 6.17. The summed E-state index contributed by atoms with van der Waals surface area (Å²) in [5.41, 5.74) is 4.80. The number of halogens is 1. The molecule has 12 nitrogen and oxygen atoms in total. The second-order valence-corrected chi connectivity index (χ2v) is 13.2. The van der Waals surface area contributed by atoms with Crippen LogP contribution in [0.5, 0.6) is 11.5 Å². The number of benzene rings is 3. The van der Waals surface area contributed by atoms with Crippen LogP contribution >= 0.6 is 11.6 Å². The van der Waals surface area contributed by atoms with E-state index < -0.39 is 12.0 Å². The Labute approximate surface area is 307 Å². The Kier molecular flexibility index (Phi) is 12.7. The average molecular weight is 731 g/mol. The summed E-state index contributed by atoms with van der Waals surface area (Å²) in [4.78, 5) is 69.6. The van der Waals surface area contributed by atoms with Crippen LogP contribution in [-0.4, -0.2) is 62.0 Å². The molecule has 274 valence electrons. The molecule has 3 amide bonds. The first-order valence-corrected chi connectivity index (χ1v) is 17.7. The number of rotatable bonds is 16. The van der Waals surface area contributed by atoms with Gasteiger partial charge in [0, 0.05) is 61.1 Å². The van der Waals surface area contributed by atoms with Crippen LogP contribution in [0, 0.1) is 5.92 Å². The minimum atomic E-state index is -0.769. The first-order chi connectivity index (χ1) is 25.0. The number of para-hydroxylation sites is 1. The normalized spacial score (nSPS) is 15.4. The van der Waals surface area contributed by atoms with E-state index in [9.17, 15) is 24.0 Å². The van der Waals surface area contributed by atoms with Crippen LogP contribution in [0.4, 0.5) is 17.1 Å². The number of hydrogen-bond donors (Lipinski definition) is 2. The quantitative estimate of drug-likeness (QED) is 0.102. The Hall–Kier alpha value is -5.23. The lowest BCUT2D eigenvalue weighted by atomic mass is 9.99. The van der Waals surface area contributed by atoms with Gasteiger partial charge in [0.05, 0.1) is 37.6 Å². The number of unbranched alkanes of at least 4 members (excludes halogenated alkanes) is 1. The van der Waals surface area contributed by atoms with Crippen molar-refractivity contribution < 1.29 is 38.2 Å². The number of alkyl halides is 1. The molecule has 0 aliphatic carbocycles. The van der Waals surface area contributed by atoms with Crippen LogP contribution in [0.2, 0.25) is 0 Å². The van der Waals surface area contributed by atoms with Gasteiger partial charge in [0.2, 0.25) is 11.8 Å². The van der Waals surface area contributed by atoms with E-state index >= 15 is 0 Å². The predicted octanol–water partition coefficient (Wildman–Crippen LogP) is 6.07. The molecule has 0 saturated heterocycles. The number of anilines is 2. The summed E-state index contributed by atoms with van der Waals surface area (Å²) >= 11 is 6.20. The van der Waals surface area contributed by atoms with Crippen LogP contribution in [0.15, 0.2) is 59.6 Å². The van der Waals surface area contributed by atoms with E-state index in [1.165, 1.54) is 14.2 Å². The SMILES string of the molecule is COC(=O)CCCCC(=O)N[C@@H](C)C(=O)C[C@@H](C)C(=O)Nc1cc(CCl)cc(COc2cc3c(cc2OC)C(=O)N2c4ccccc4C[C@H]2C=N3)c1. The van der Waals surface area contributed by atoms with Crippen molar-refractivity contribution in [3.8, 4) is 11.5 Å². The fraction of sp³-hybridized carbons (Fsp3) is 0.385. The molecule has 0 unspecified atom stereocenters. The average Bonchev–Trinajstić information content (AvgIpc) is 3.46. The van der Waals surface area contributed by atoms with E-state index in [1.807, 2.05) is 30.3 Å². The molecule has 13 heteroatoms. The Balaban J connectivity index is 1.19. The number of Topliss-reactive ketones (excluding diaryl/α,β-unsaturated/α-hetero) is 1. The third kappa shape index (κ3) is 9.16. The maximum atomic E-state index is 13.7. The number of nitrogens with zero attached hydrogens (tertiary/aromatic N) is 2. The van der Waals surface area contributed by atoms with Gasteiger partial charge < -0.3 is 24.8 Å². The minimum absolute atomic E-state index is 0.0745. The lowest BCUT2D eigenvalue weighted by molar-refractivity contribution is -0.140. The molecule has 2 N–H and O–H groups in total. The standard InChI is InChI=1S/C39H43ClN4O8/c1-23(13-33(45)24(2)42-36(46)11-7-8-12-37(47)51-4)38(48)43-28-15-25(20-40)14-26(16-28)22-52-35-19-31-30(18-34(35)50-3)39(49)44-29(21-41-31)17-27-9-5-6-10-32(27)44/h5-6,9-10,14-16,18-19,21,23-24,29H,7-8,11-13,17,20,22H2,1-4H3,(H,42,46)(H,43,48)/t23-,24+,29+/m1/s1. The zero-order valence-electron chi connectivity index (χ0n) is 29.7. The van der Waals surface area contributed by atoms with E-state index in [4.69, 9.17) is 21.1 Å². The number of ketones is 1.